The predicted molar refractivity (Wildman–Crippen MR) is 48.8 cm³/mol. The van der Waals surface area contributed by atoms with Crippen LogP contribution in [0.3, 0.4) is 0 Å². The normalized spacial score (nSPS) is 11.2. The first-order chi connectivity index (χ1) is 5.95. The van der Waals surface area contributed by atoms with Gasteiger partial charge in [-0.2, -0.15) is 0 Å². The molecule has 0 atom stereocenters. The second-order valence-electron chi connectivity index (χ2n) is 2.46. The summed E-state index contributed by atoms with van der Waals surface area (Å²) in [6, 6.07) is 4.16. The molecule has 0 bridgehead atoms. The summed E-state index contributed by atoms with van der Waals surface area (Å²) in [6.07, 6.45) is 0. The minimum atomic E-state index is -3.74. The monoisotopic (exact) mass is 202 g/mol. The number of hydrogen-bond donors (Lipinski definition) is 2. The molecule has 0 radical (unpaired) electrons. The van der Waals surface area contributed by atoms with Gasteiger partial charge < -0.3 is 10.5 Å². The maximum Gasteiger partial charge on any atom is 0.241 e. The Hall–Kier alpha value is -1.27. The van der Waals surface area contributed by atoms with Gasteiger partial charge in [-0.3, -0.25) is 0 Å². The molecule has 1 aromatic rings. The second kappa shape index (κ2) is 3.23. The van der Waals surface area contributed by atoms with Crippen LogP contribution in [0.1, 0.15) is 0 Å². The van der Waals surface area contributed by atoms with E-state index < -0.39 is 10.0 Å². The third-order valence-corrected chi connectivity index (χ3v) is 2.44. The minimum absolute atomic E-state index is 0.0656. The smallest absolute Gasteiger partial charge is 0.241 e. The minimum Gasteiger partial charge on any atom is -0.495 e. The molecule has 0 fully saturated rings. The first-order valence-electron chi connectivity index (χ1n) is 3.41. The van der Waals surface area contributed by atoms with Crippen molar-refractivity contribution in [2.24, 2.45) is 5.14 Å². The largest absolute Gasteiger partial charge is 0.495 e. The van der Waals surface area contributed by atoms with Crippen LogP contribution in [-0.2, 0) is 10.0 Å². The molecule has 0 saturated heterocycles. The Balaban J connectivity index is 3.39. The van der Waals surface area contributed by atoms with E-state index in [2.05, 4.69) is 0 Å². The van der Waals surface area contributed by atoms with E-state index in [1.54, 1.807) is 0 Å². The Labute approximate surface area is 76.4 Å². The molecule has 0 heterocycles. The van der Waals surface area contributed by atoms with Crippen molar-refractivity contribution < 1.29 is 13.2 Å². The lowest BCUT2D eigenvalue weighted by Gasteiger charge is -2.06. The van der Waals surface area contributed by atoms with E-state index in [0.29, 0.717) is 5.69 Å². The van der Waals surface area contributed by atoms with Crippen molar-refractivity contribution in [3.63, 3.8) is 0 Å². The van der Waals surface area contributed by atoms with E-state index in [1.165, 1.54) is 25.3 Å². The van der Waals surface area contributed by atoms with Crippen LogP contribution in [0.2, 0.25) is 0 Å². The number of primary sulfonamides is 1. The lowest BCUT2D eigenvalue weighted by Crippen LogP contribution is -2.13. The number of ether oxygens (including phenoxy) is 1. The second-order valence-corrected chi connectivity index (χ2v) is 3.99. The summed E-state index contributed by atoms with van der Waals surface area (Å²) in [4.78, 5) is -0.0656. The van der Waals surface area contributed by atoms with Gasteiger partial charge in [0.2, 0.25) is 10.0 Å². The zero-order chi connectivity index (χ0) is 10.1. The van der Waals surface area contributed by atoms with Crippen LogP contribution >= 0.6 is 0 Å². The summed E-state index contributed by atoms with van der Waals surface area (Å²) in [6.45, 7) is 0. The van der Waals surface area contributed by atoms with E-state index in [4.69, 9.17) is 15.6 Å². The number of methoxy groups -OCH3 is 1. The Bertz CT molecular complexity index is 414. The summed E-state index contributed by atoms with van der Waals surface area (Å²) in [5, 5.41) is 4.93. The number of rotatable bonds is 2. The molecule has 0 spiro atoms. The number of sulfonamides is 1. The summed E-state index contributed by atoms with van der Waals surface area (Å²) in [5.74, 6) is 0.155. The summed E-state index contributed by atoms with van der Waals surface area (Å²) in [7, 11) is -2.39. The van der Waals surface area contributed by atoms with Crippen LogP contribution in [0.4, 0.5) is 5.69 Å². The van der Waals surface area contributed by atoms with Crippen LogP contribution in [0, 0.1) is 0 Å². The van der Waals surface area contributed by atoms with Crippen LogP contribution in [-0.4, -0.2) is 15.5 Å². The van der Waals surface area contributed by atoms with Gasteiger partial charge in [-0.25, -0.2) is 13.6 Å². The highest BCUT2D eigenvalue weighted by Crippen LogP contribution is 2.24. The Kier molecular flexibility index (Phi) is 2.44. The SMILES string of the molecule is COc1cc(N)ccc1S(N)(=O)=O. The van der Waals surface area contributed by atoms with Gasteiger partial charge in [0.05, 0.1) is 7.11 Å². The molecule has 72 valence electrons. The summed E-state index contributed by atoms with van der Waals surface area (Å²) < 4.78 is 26.8. The maximum atomic E-state index is 11.0. The molecule has 0 saturated carbocycles. The maximum absolute atomic E-state index is 11.0. The zero-order valence-electron chi connectivity index (χ0n) is 7.02. The van der Waals surface area contributed by atoms with E-state index in [1.807, 2.05) is 0 Å². The number of benzene rings is 1. The first kappa shape index (κ1) is 9.82. The Morgan fingerprint density at radius 3 is 2.46 bits per heavy atom. The fraction of sp³-hybridized carbons (Fsp3) is 0.143. The lowest BCUT2D eigenvalue weighted by atomic mass is 10.3. The van der Waals surface area contributed by atoms with Crippen LogP contribution in [0.25, 0.3) is 0 Å². The van der Waals surface area contributed by atoms with E-state index in [9.17, 15) is 8.42 Å². The molecule has 1 rings (SSSR count). The molecular formula is C7H10N2O3S. The van der Waals surface area contributed by atoms with Crippen LogP contribution in [0.5, 0.6) is 5.75 Å². The molecule has 6 heteroatoms. The highest BCUT2D eigenvalue weighted by molar-refractivity contribution is 7.89. The highest BCUT2D eigenvalue weighted by Gasteiger charge is 2.14. The molecule has 1 aromatic carbocycles. The molecule has 4 N–H and O–H groups in total. The van der Waals surface area contributed by atoms with E-state index in [0.717, 1.165) is 0 Å². The van der Waals surface area contributed by atoms with Gasteiger partial charge in [-0.1, -0.05) is 0 Å². The van der Waals surface area contributed by atoms with E-state index >= 15 is 0 Å². The Morgan fingerprint density at radius 1 is 1.38 bits per heavy atom. The van der Waals surface area contributed by atoms with Crippen molar-refractivity contribution in [3.8, 4) is 5.75 Å². The van der Waals surface area contributed by atoms with Crippen molar-refractivity contribution in [2.45, 2.75) is 4.90 Å². The topological polar surface area (TPSA) is 95.4 Å². The fourth-order valence-corrected chi connectivity index (χ4v) is 1.60. The van der Waals surface area contributed by atoms with Gasteiger partial charge in [-0.15, -0.1) is 0 Å². The zero-order valence-corrected chi connectivity index (χ0v) is 7.84. The molecule has 0 aliphatic heterocycles. The standard InChI is InChI=1S/C7H10N2O3S/c1-12-6-4-5(8)2-3-7(6)13(9,10)11/h2-4H,8H2,1H3,(H2,9,10,11). The number of nitrogen functional groups attached to an aromatic ring is 1. The number of hydrogen-bond acceptors (Lipinski definition) is 4. The van der Waals surface area contributed by atoms with Gasteiger partial charge >= 0.3 is 0 Å². The average Bonchev–Trinajstić information content (AvgIpc) is 2.01. The third kappa shape index (κ3) is 2.10. The van der Waals surface area contributed by atoms with Crippen molar-refractivity contribution in [1.82, 2.24) is 0 Å². The van der Waals surface area contributed by atoms with Gasteiger partial charge in [0.15, 0.2) is 0 Å². The fourth-order valence-electron chi connectivity index (χ4n) is 0.919. The molecule has 0 aliphatic carbocycles. The highest BCUT2D eigenvalue weighted by atomic mass is 32.2. The third-order valence-electron chi connectivity index (χ3n) is 1.49. The van der Waals surface area contributed by atoms with Crippen molar-refractivity contribution in [3.05, 3.63) is 18.2 Å². The molecule has 0 aliphatic rings. The molecule has 0 unspecified atom stereocenters. The van der Waals surface area contributed by atoms with Gasteiger partial charge in [-0.05, 0) is 12.1 Å². The average molecular weight is 202 g/mol. The predicted octanol–water partition coefficient (Wildman–Crippen LogP) is -0.0752. The van der Waals surface area contributed by atoms with Crippen molar-refractivity contribution in [2.75, 3.05) is 12.8 Å². The summed E-state index contributed by atoms with van der Waals surface area (Å²) in [5.41, 5.74) is 5.85. The van der Waals surface area contributed by atoms with Crippen LogP contribution < -0.4 is 15.6 Å². The molecule has 5 nitrogen and oxygen atoms in total. The molecular weight excluding hydrogens is 192 g/mol. The van der Waals surface area contributed by atoms with Gasteiger partial charge in [0.25, 0.3) is 0 Å². The molecule has 13 heavy (non-hydrogen) atoms. The number of anilines is 1. The van der Waals surface area contributed by atoms with Crippen molar-refractivity contribution >= 4 is 15.7 Å². The first-order valence-corrected chi connectivity index (χ1v) is 4.96. The quantitative estimate of drug-likeness (QED) is 0.656. The Morgan fingerprint density at radius 2 is 2.00 bits per heavy atom. The summed E-state index contributed by atoms with van der Waals surface area (Å²) >= 11 is 0. The van der Waals surface area contributed by atoms with Gasteiger partial charge in [0.1, 0.15) is 10.6 Å². The molecule has 0 amide bonds. The van der Waals surface area contributed by atoms with E-state index in [-0.39, 0.29) is 10.6 Å². The van der Waals surface area contributed by atoms with Crippen molar-refractivity contribution in [1.29, 1.82) is 0 Å². The van der Waals surface area contributed by atoms with Crippen LogP contribution in [0.15, 0.2) is 23.1 Å². The molecule has 0 aromatic heterocycles. The lowest BCUT2D eigenvalue weighted by molar-refractivity contribution is 0.403. The van der Waals surface area contributed by atoms with Gasteiger partial charge in [0, 0.05) is 11.8 Å². The number of nitrogens with two attached hydrogens (primary N) is 2.